The van der Waals surface area contributed by atoms with Crippen molar-refractivity contribution in [1.82, 2.24) is 14.9 Å². The molecule has 0 unspecified atom stereocenters. The Kier molecular flexibility index (Phi) is 7.18. The maximum Gasteiger partial charge on any atom is 0.272 e. The summed E-state index contributed by atoms with van der Waals surface area (Å²) in [5, 5.41) is 5.10. The summed E-state index contributed by atoms with van der Waals surface area (Å²) < 4.78 is 20.2. The molecule has 1 amide bonds. The minimum atomic E-state index is -0.331. The van der Waals surface area contributed by atoms with Gasteiger partial charge in [-0.25, -0.2) is 9.37 Å². The van der Waals surface area contributed by atoms with E-state index in [1.165, 1.54) is 39.8 Å². The fraction of sp³-hybridized carbons (Fsp3) is 0.316. The van der Waals surface area contributed by atoms with Gasteiger partial charge in [-0.05, 0) is 35.6 Å². The maximum atomic E-state index is 13.2. The van der Waals surface area contributed by atoms with Crippen molar-refractivity contribution >= 4 is 39.2 Å². The predicted octanol–water partition coefficient (Wildman–Crippen LogP) is 2.89. The van der Waals surface area contributed by atoms with Gasteiger partial charge >= 0.3 is 0 Å². The highest BCUT2D eigenvalue weighted by atomic mass is 32.2. The van der Waals surface area contributed by atoms with Crippen molar-refractivity contribution in [3.8, 4) is 0 Å². The third kappa shape index (κ3) is 5.18. The van der Waals surface area contributed by atoms with E-state index in [2.05, 4.69) is 10.3 Å². The molecule has 9 heteroatoms. The number of methoxy groups -OCH3 is 1. The zero-order chi connectivity index (χ0) is 19.9. The molecule has 28 heavy (non-hydrogen) atoms. The van der Waals surface area contributed by atoms with E-state index >= 15 is 0 Å². The SMILES string of the molecule is COCCCNC(=O)CSc1nc2ccsc2c(=O)n1Cc1ccc(F)cc1. The number of thioether (sulfide) groups is 1. The summed E-state index contributed by atoms with van der Waals surface area (Å²) in [6.07, 6.45) is 0.737. The van der Waals surface area contributed by atoms with Gasteiger partial charge in [0, 0.05) is 20.3 Å². The molecule has 0 aliphatic rings. The molecule has 3 aromatic rings. The molecule has 148 valence electrons. The average Bonchev–Trinajstić information content (AvgIpc) is 3.16. The number of rotatable bonds is 9. The minimum absolute atomic E-state index is 0.130. The molecule has 0 saturated carbocycles. The maximum absolute atomic E-state index is 13.2. The fourth-order valence-corrected chi connectivity index (χ4v) is 4.18. The molecule has 0 spiro atoms. The van der Waals surface area contributed by atoms with Gasteiger partial charge in [-0.1, -0.05) is 23.9 Å². The number of benzene rings is 1. The van der Waals surface area contributed by atoms with Gasteiger partial charge in [0.2, 0.25) is 5.91 Å². The van der Waals surface area contributed by atoms with Gasteiger partial charge in [-0.15, -0.1) is 11.3 Å². The molecule has 0 atom stereocenters. The van der Waals surface area contributed by atoms with E-state index in [1.807, 2.05) is 5.38 Å². The van der Waals surface area contributed by atoms with Crippen LogP contribution in [0.5, 0.6) is 0 Å². The molecule has 2 aromatic heterocycles. The number of carbonyl (C=O) groups excluding carboxylic acids is 1. The second-order valence-electron chi connectivity index (χ2n) is 6.03. The van der Waals surface area contributed by atoms with Crippen LogP contribution in [-0.2, 0) is 16.1 Å². The first-order valence-corrected chi connectivity index (χ1v) is 10.6. The monoisotopic (exact) mass is 421 g/mol. The van der Waals surface area contributed by atoms with Crippen molar-refractivity contribution in [3.63, 3.8) is 0 Å². The number of aromatic nitrogens is 2. The minimum Gasteiger partial charge on any atom is -0.385 e. The summed E-state index contributed by atoms with van der Waals surface area (Å²) in [6, 6.07) is 7.78. The molecule has 0 radical (unpaired) electrons. The van der Waals surface area contributed by atoms with Crippen molar-refractivity contribution in [3.05, 3.63) is 57.4 Å². The summed E-state index contributed by atoms with van der Waals surface area (Å²) in [5.41, 5.74) is 1.24. The lowest BCUT2D eigenvalue weighted by atomic mass is 10.2. The van der Waals surface area contributed by atoms with Crippen LogP contribution >= 0.6 is 23.1 Å². The smallest absolute Gasteiger partial charge is 0.272 e. The quantitative estimate of drug-likeness (QED) is 0.327. The Hall–Kier alpha value is -2.23. The summed E-state index contributed by atoms with van der Waals surface area (Å²) >= 11 is 2.55. The number of carbonyl (C=O) groups is 1. The van der Waals surface area contributed by atoms with Gasteiger partial charge in [-0.2, -0.15) is 0 Å². The number of amides is 1. The highest BCUT2D eigenvalue weighted by Crippen LogP contribution is 2.21. The third-order valence-electron chi connectivity index (χ3n) is 3.96. The second-order valence-corrected chi connectivity index (χ2v) is 7.89. The lowest BCUT2D eigenvalue weighted by Gasteiger charge is -2.12. The first-order chi connectivity index (χ1) is 13.6. The van der Waals surface area contributed by atoms with Crippen LogP contribution in [0.1, 0.15) is 12.0 Å². The van der Waals surface area contributed by atoms with Gasteiger partial charge in [0.25, 0.3) is 5.56 Å². The van der Waals surface area contributed by atoms with Gasteiger partial charge in [0.15, 0.2) is 5.16 Å². The molecule has 1 aromatic carbocycles. The Morgan fingerprint density at radius 1 is 1.32 bits per heavy atom. The molecule has 0 saturated heterocycles. The van der Waals surface area contributed by atoms with Crippen LogP contribution in [0.3, 0.4) is 0 Å². The molecule has 1 N–H and O–H groups in total. The van der Waals surface area contributed by atoms with Crippen LogP contribution in [0.25, 0.3) is 10.2 Å². The Morgan fingerprint density at radius 2 is 2.11 bits per heavy atom. The molecule has 0 aliphatic heterocycles. The van der Waals surface area contributed by atoms with Crippen LogP contribution in [0.15, 0.2) is 45.7 Å². The fourth-order valence-electron chi connectivity index (χ4n) is 2.57. The average molecular weight is 422 g/mol. The van der Waals surface area contributed by atoms with E-state index in [9.17, 15) is 14.0 Å². The number of nitrogens with one attached hydrogen (secondary N) is 1. The molecule has 0 bridgehead atoms. The zero-order valence-corrected chi connectivity index (χ0v) is 16.9. The number of nitrogens with zero attached hydrogens (tertiary/aromatic N) is 2. The van der Waals surface area contributed by atoms with Crippen LogP contribution in [-0.4, -0.2) is 41.5 Å². The Morgan fingerprint density at radius 3 is 2.86 bits per heavy atom. The number of hydrogen-bond acceptors (Lipinski definition) is 6. The van der Waals surface area contributed by atoms with Crippen LogP contribution in [0.2, 0.25) is 0 Å². The van der Waals surface area contributed by atoms with E-state index in [0.29, 0.717) is 28.5 Å². The highest BCUT2D eigenvalue weighted by Gasteiger charge is 2.14. The van der Waals surface area contributed by atoms with Crippen LogP contribution in [0, 0.1) is 5.82 Å². The molecule has 3 rings (SSSR count). The Labute approximate surface area is 169 Å². The molecular weight excluding hydrogens is 401 g/mol. The van der Waals surface area contributed by atoms with E-state index in [4.69, 9.17) is 4.74 Å². The zero-order valence-electron chi connectivity index (χ0n) is 15.3. The Bertz CT molecular complexity index is 1000. The summed E-state index contributed by atoms with van der Waals surface area (Å²) in [6.45, 7) is 1.38. The number of ether oxygens (including phenoxy) is 1. The topological polar surface area (TPSA) is 73.2 Å². The lowest BCUT2D eigenvalue weighted by Crippen LogP contribution is -2.28. The number of thiophene rings is 1. The molecule has 0 aliphatic carbocycles. The number of halogens is 1. The van der Waals surface area contributed by atoms with E-state index < -0.39 is 0 Å². The first kappa shape index (κ1) is 20.5. The van der Waals surface area contributed by atoms with E-state index in [0.717, 1.165) is 12.0 Å². The van der Waals surface area contributed by atoms with Gasteiger partial charge in [-0.3, -0.25) is 14.2 Å². The van der Waals surface area contributed by atoms with Crippen LogP contribution in [0.4, 0.5) is 4.39 Å². The largest absolute Gasteiger partial charge is 0.385 e. The van der Waals surface area contributed by atoms with Gasteiger partial charge in [0.1, 0.15) is 10.5 Å². The van der Waals surface area contributed by atoms with Crippen molar-refractivity contribution < 1.29 is 13.9 Å². The van der Waals surface area contributed by atoms with Gasteiger partial charge < -0.3 is 10.1 Å². The van der Waals surface area contributed by atoms with Crippen molar-refractivity contribution in [2.24, 2.45) is 0 Å². The van der Waals surface area contributed by atoms with Crippen molar-refractivity contribution in [1.29, 1.82) is 0 Å². The summed E-state index contributed by atoms with van der Waals surface area (Å²) in [5.74, 6) is -0.310. The standard InChI is InChI=1S/C19H20FN3O3S2/c1-26-9-2-8-21-16(24)12-28-19-22-15-7-10-27-17(15)18(25)23(19)11-13-3-5-14(20)6-4-13/h3-7,10H,2,8-9,11-12H2,1H3,(H,21,24). The first-order valence-electron chi connectivity index (χ1n) is 8.69. The highest BCUT2D eigenvalue weighted by molar-refractivity contribution is 7.99. The molecule has 6 nitrogen and oxygen atoms in total. The molecule has 0 fully saturated rings. The molecule has 2 heterocycles. The van der Waals surface area contributed by atoms with E-state index in [1.54, 1.807) is 25.3 Å². The van der Waals surface area contributed by atoms with Crippen molar-refractivity contribution in [2.45, 2.75) is 18.1 Å². The van der Waals surface area contributed by atoms with Crippen LogP contribution < -0.4 is 10.9 Å². The lowest BCUT2D eigenvalue weighted by molar-refractivity contribution is -0.118. The second kappa shape index (κ2) is 9.81. The molecular formula is C19H20FN3O3S2. The summed E-state index contributed by atoms with van der Waals surface area (Å²) in [4.78, 5) is 29.5. The number of hydrogen-bond donors (Lipinski definition) is 1. The third-order valence-corrected chi connectivity index (χ3v) is 5.83. The van der Waals surface area contributed by atoms with Crippen molar-refractivity contribution in [2.75, 3.05) is 26.0 Å². The van der Waals surface area contributed by atoms with Gasteiger partial charge in [0.05, 0.1) is 17.8 Å². The Balaban J connectivity index is 1.79. The normalized spacial score (nSPS) is 11.1. The predicted molar refractivity (Wildman–Crippen MR) is 110 cm³/mol. The summed E-state index contributed by atoms with van der Waals surface area (Å²) in [7, 11) is 1.62. The number of fused-ring (bicyclic) bond motifs is 1. The van der Waals surface area contributed by atoms with E-state index in [-0.39, 0.29) is 29.6 Å².